The third kappa shape index (κ3) is 4.25. The van der Waals surface area contributed by atoms with Gasteiger partial charge in [0, 0.05) is 31.5 Å². The number of halogens is 2. The number of amides is 1. The number of hydrogen-bond acceptors (Lipinski definition) is 4. The van der Waals surface area contributed by atoms with Gasteiger partial charge in [-0.2, -0.15) is 0 Å². The van der Waals surface area contributed by atoms with E-state index < -0.39 is 5.60 Å². The fourth-order valence-corrected chi connectivity index (χ4v) is 5.59. The molecule has 2 heterocycles. The van der Waals surface area contributed by atoms with Gasteiger partial charge in [-0.3, -0.25) is 9.69 Å². The van der Waals surface area contributed by atoms with Crippen LogP contribution in [0.15, 0.2) is 30.4 Å². The van der Waals surface area contributed by atoms with Gasteiger partial charge in [0.1, 0.15) is 5.60 Å². The molecule has 1 spiro atoms. The maximum absolute atomic E-state index is 13.2. The molecule has 0 N–H and O–H groups in total. The number of hydrogen-bond donors (Lipinski definition) is 0. The highest BCUT2D eigenvalue weighted by Gasteiger charge is 2.51. The van der Waals surface area contributed by atoms with Gasteiger partial charge in [-0.25, -0.2) is 4.79 Å². The predicted octanol–water partition coefficient (Wildman–Crippen LogP) is 4.25. The number of rotatable bonds is 4. The second-order valence-electron chi connectivity index (χ2n) is 8.90. The molecule has 0 unspecified atom stereocenters. The van der Waals surface area contributed by atoms with Gasteiger partial charge in [0.15, 0.2) is 0 Å². The number of benzene rings is 1. The fourth-order valence-electron chi connectivity index (χ4n) is 5.27. The summed E-state index contributed by atoms with van der Waals surface area (Å²) in [7, 11) is 1.87. The Balaban J connectivity index is 1.54. The summed E-state index contributed by atoms with van der Waals surface area (Å²) < 4.78 is 5.79. The summed E-state index contributed by atoms with van der Waals surface area (Å²) in [5.74, 6) is -0.263. The van der Waals surface area contributed by atoms with E-state index in [9.17, 15) is 9.59 Å². The summed E-state index contributed by atoms with van der Waals surface area (Å²) in [6.07, 6.45) is 5.60. The van der Waals surface area contributed by atoms with Crippen molar-refractivity contribution in [1.29, 1.82) is 0 Å². The number of ether oxygens (including phenoxy) is 1. The summed E-state index contributed by atoms with van der Waals surface area (Å²) in [5.41, 5.74) is 0.857. The topological polar surface area (TPSA) is 49.9 Å². The van der Waals surface area contributed by atoms with Gasteiger partial charge >= 0.3 is 5.97 Å². The summed E-state index contributed by atoms with van der Waals surface area (Å²) >= 11 is 12.1. The van der Waals surface area contributed by atoms with Crippen LogP contribution in [0.4, 0.5) is 0 Å². The largest absolute Gasteiger partial charge is 0.455 e. The maximum atomic E-state index is 13.2. The lowest BCUT2D eigenvalue weighted by atomic mass is 9.75. The molecule has 1 aromatic rings. The van der Waals surface area contributed by atoms with Crippen molar-refractivity contribution < 1.29 is 14.3 Å². The number of nitrogens with zero attached hydrogens (tertiary/aromatic N) is 2. The normalized spacial score (nSPS) is 29.4. The van der Waals surface area contributed by atoms with Gasteiger partial charge in [0.05, 0.1) is 22.5 Å². The molecule has 1 aromatic carbocycles. The third-order valence-corrected chi connectivity index (χ3v) is 7.63. The first-order valence-corrected chi connectivity index (χ1v) is 11.4. The Morgan fingerprint density at radius 1 is 1.30 bits per heavy atom. The van der Waals surface area contributed by atoms with E-state index in [2.05, 4.69) is 11.5 Å². The molecule has 2 saturated heterocycles. The van der Waals surface area contributed by atoms with Crippen molar-refractivity contribution in [3.05, 3.63) is 46.0 Å². The molecule has 1 saturated carbocycles. The van der Waals surface area contributed by atoms with E-state index in [1.165, 1.54) is 12.8 Å². The van der Waals surface area contributed by atoms with Crippen LogP contribution in [0.3, 0.4) is 0 Å². The van der Waals surface area contributed by atoms with Gasteiger partial charge in [-0.05, 0) is 56.5 Å². The SMILES string of the molecule is C=C1C[C@]2(CC[C@H](N3CCCC3)[C@@H](N(C)C(=O)Cc3ccc(Cl)c(Cl)c3)C2)OC1=O. The van der Waals surface area contributed by atoms with Crippen LogP contribution in [0.5, 0.6) is 0 Å². The smallest absolute Gasteiger partial charge is 0.334 e. The van der Waals surface area contributed by atoms with Crippen LogP contribution >= 0.6 is 23.2 Å². The number of likely N-dealkylation sites (N-methyl/N-ethyl adjacent to an activating group) is 1. The summed E-state index contributed by atoms with van der Waals surface area (Å²) in [6.45, 7) is 6.00. The van der Waals surface area contributed by atoms with E-state index in [1.54, 1.807) is 12.1 Å². The molecule has 1 amide bonds. The molecule has 3 atom stereocenters. The zero-order valence-electron chi connectivity index (χ0n) is 17.3. The third-order valence-electron chi connectivity index (χ3n) is 6.89. The van der Waals surface area contributed by atoms with E-state index >= 15 is 0 Å². The highest BCUT2D eigenvalue weighted by molar-refractivity contribution is 6.42. The maximum Gasteiger partial charge on any atom is 0.334 e. The van der Waals surface area contributed by atoms with Crippen LogP contribution in [-0.4, -0.2) is 59.5 Å². The monoisotopic (exact) mass is 450 g/mol. The van der Waals surface area contributed by atoms with Crippen LogP contribution in [0.1, 0.15) is 44.1 Å². The molecule has 3 fully saturated rings. The minimum Gasteiger partial charge on any atom is -0.455 e. The van der Waals surface area contributed by atoms with Crippen LogP contribution in [0, 0.1) is 0 Å². The highest BCUT2D eigenvalue weighted by atomic mass is 35.5. The van der Waals surface area contributed by atoms with Gasteiger partial charge in [-0.15, -0.1) is 0 Å². The highest BCUT2D eigenvalue weighted by Crippen LogP contribution is 2.44. The lowest BCUT2D eigenvalue weighted by molar-refractivity contribution is -0.154. The van der Waals surface area contributed by atoms with Crippen molar-refractivity contribution >= 4 is 35.1 Å². The molecule has 5 nitrogen and oxygen atoms in total. The van der Waals surface area contributed by atoms with Crippen molar-refractivity contribution in [2.75, 3.05) is 20.1 Å². The first-order valence-electron chi connectivity index (χ1n) is 10.6. The number of carbonyl (C=O) groups is 2. The Kier molecular flexibility index (Phi) is 6.16. The fraction of sp³-hybridized carbons (Fsp3) is 0.565. The first-order chi connectivity index (χ1) is 14.3. The van der Waals surface area contributed by atoms with Crippen LogP contribution < -0.4 is 0 Å². The number of carbonyl (C=O) groups excluding carboxylic acids is 2. The van der Waals surface area contributed by atoms with Crippen molar-refractivity contribution in [2.45, 2.75) is 62.6 Å². The summed E-state index contributed by atoms with van der Waals surface area (Å²) in [4.78, 5) is 29.6. The zero-order valence-corrected chi connectivity index (χ0v) is 18.8. The van der Waals surface area contributed by atoms with Crippen molar-refractivity contribution in [2.24, 2.45) is 0 Å². The minimum atomic E-state index is -0.521. The van der Waals surface area contributed by atoms with E-state index in [0.29, 0.717) is 28.5 Å². The molecule has 0 bridgehead atoms. The molecule has 0 aromatic heterocycles. The number of esters is 1. The van der Waals surface area contributed by atoms with E-state index in [-0.39, 0.29) is 30.4 Å². The van der Waals surface area contributed by atoms with E-state index in [1.807, 2.05) is 18.0 Å². The standard InChI is InChI=1S/C23H28Cl2N2O3/c1-15-13-23(30-22(15)29)8-7-19(27-9-3-4-10-27)20(14-23)26(2)21(28)12-16-5-6-17(24)18(25)11-16/h5-6,11,19-20H,1,3-4,7-10,12-14H2,2H3/t19-,20-,23-/m0/s1. The lowest BCUT2D eigenvalue weighted by Crippen LogP contribution is -2.58. The second kappa shape index (κ2) is 8.52. The molecule has 7 heteroatoms. The zero-order chi connectivity index (χ0) is 21.5. The van der Waals surface area contributed by atoms with E-state index in [0.717, 1.165) is 31.5 Å². The Labute approximate surface area is 187 Å². The van der Waals surface area contributed by atoms with Crippen molar-refractivity contribution in [1.82, 2.24) is 9.80 Å². The first kappa shape index (κ1) is 21.7. The molecule has 4 rings (SSSR count). The lowest BCUT2D eigenvalue weighted by Gasteiger charge is -2.48. The van der Waals surface area contributed by atoms with Gasteiger partial charge in [-0.1, -0.05) is 35.8 Å². The van der Waals surface area contributed by atoms with Gasteiger partial charge < -0.3 is 9.64 Å². The molecule has 2 aliphatic heterocycles. The minimum absolute atomic E-state index is 0.00850. The molecule has 0 radical (unpaired) electrons. The van der Waals surface area contributed by atoms with Crippen LogP contribution in [0.25, 0.3) is 0 Å². The second-order valence-corrected chi connectivity index (χ2v) is 9.72. The Bertz CT molecular complexity index is 850. The molecule has 30 heavy (non-hydrogen) atoms. The molecule has 162 valence electrons. The Morgan fingerprint density at radius 2 is 2.03 bits per heavy atom. The molecular formula is C23H28Cl2N2O3. The number of likely N-dealkylation sites (tertiary alicyclic amines) is 1. The summed E-state index contributed by atoms with van der Waals surface area (Å²) in [5, 5.41) is 0.931. The molecular weight excluding hydrogens is 423 g/mol. The average Bonchev–Trinajstić information content (AvgIpc) is 3.33. The molecule has 3 aliphatic rings. The van der Waals surface area contributed by atoms with Crippen molar-refractivity contribution in [3.8, 4) is 0 Å². The Hall–Kier alpha value is -1.56. The molecule has 1 aliphatic carbocycles. The Morgan fingerprint density at radius 3 is 2.67 bits per heavy atom. The van der Waals surface area contributed by atoms with Crippen LogP contribution in [-0.2, 0) is 20.7 Å². The van der Waals surface area contributed by atoms with Gasteiger partial charge in [0.25, 0.3) is 0 Å². The quantitative estimate of drug-likeness (QED) is 0.507. The van der Waals surface area contributed by atoms with Crippen molar-refractivity contribution in [3.63, 3.8) is 0 Å². The van der Waals surface area contributed by atoms with E-state index in [4.69, 9.17) is 27.9 Å². The van der Waals surface area contributed by atoms with Gasteiger partial charge in [0.2, 0.25) is 5.91 Å². The average molecular weight is 451 g/mol. The predicted molar refractivity (Wildman–Crippen MR) is 118 cm³/mol. The summed E-state index contributed by atoms with van der Waals surface area (Å²) in [6, 6.07) is 5.58. The van der Waals surface area contributed by atoms with Crippen LogP contribution in [0.2, 0.25) is 10.0 Å².